The van der Waals surface area contributed by atoms with Crippen molar-refractivity contribution in [1.82, 2.24) is 0 Å². The molecule has 0 aliphatic rings. The number of benzene rings is 1. The Labute approximate surface area is 134 Å². The van der Waals surface area contributed by atoms with Gasteiger partial charge in [0.05, 0.1) is 13.2 Å². The number of thioether (sulfide) groups is 1. The Balaban J connectivity index is 3.15. The van der Waals surface area contributed by atoms with Gasteiger partial charge in [-0.05, 0) is 44.7 Å². The maximum atomic E-state index is 13.0. The number of anilines is 1. The average molecular weight is 342 g/mol. The third kappa shape index (κ3) is 4.11. The number of nitriles is 1. The molecule has 0 aliphatic heterocycles. The summed E-state index contributed by atoms with van der Waals surface area (Å²) < 4.78 is 21.8. The van der Waals surface area contributed by atoms with E-state index in [2.05, 4.69) is 5.32 Å². The highest BCUT2D eigenvalue weighted by atomic mass is 32.2. The SMILES string of the molecule is CCOP(=O)(OCC)C(C)(SC#N)C(=O)Nc1ccccc1. The van der Waals surface area contributed by atoms with Crippen molar-refractivity contribution in [1.29, 1.82) is 5.26 Å². The molecule has 1 atom stereocenters. The Bertz CT molecular complexity index is 580. The van der Waals surface area contributed by atoms with E-state index in [1.165, 1.54) is 6.92 Å². The number of amides is 1. The van der Waals surface area contributed by atoms with E-state index in [0.717, 1.165) is 0 Å². The molecule has 1 aromatic carbocycles. The summed E-state index contributed by atoms with van der Waals surface area (Å²) in [6, 6.07) is 8.72. The van der Waals surface area contributed by atoms with Gasteiger partial charge in [-0.1, -0.05) is 18.2 Å². The highest BCUT2D eigenvalue weighted by molar-refractivity contribution is 8.11. The van der Waals surface area contributed by atoms with Crippen LogP contribution in [0.25, 0.3) is 0 Å². The van der Waals surface area contributed by atoms with Crippen LogP contribution in [0.5, 0.6) is 0 Å². The monoisotopic (exact) mass is 342 g/mol. The third-order valence-electron chi connectivity index (χ3n) is 2.82. The number of thiocyanates is 1. The van der Waals surface area contributed by atoms with Crippen LogP contribution in [0.3, 0.4) is 0 Å². The van der Waals surface area contributed by atoms with E-state index in [4.69, 9.17) is 14.3 Å². The highest BCUT2D eigenvalue weighted by Crippen LogP contribution is 2.64. The largest absolute Gasteiger partial charge is 0.356 e. The lowest BCUT2D eigenvalue weighted by molar-refractivity contribution is -0.116. The van der Waals surface area contributed by atoms with Crippen LogP contribution in [-0.2, 0) is 18.4 Å². The first kappa shape index (κ1) is 18.7. The van der Waals surface area contributed by atoms with Crippen LogP contribution in [-0.4, -0.2) is 23.6 Å². The van der Waals surface area contributed by atoms with E-state index < -0.39 is 18.0 Å². The molecule has 0 aliphatic carbocycles. The summed E-state index contributed by atoms with van der Waals surface area (Å²) in [6.45, 7) is 4.91. The Morgan fingerprint density at radius 2 is 1.86 bits per heavy atom. The second kappa shape index (κ2) is 8.35. The molecule has 8 heteroatoms. The first-order valence-corrected chi connectivity index (χ1v) is 9.12. The van der Waals surface area contributed by atoms with Crippen molar-refractivity contribution in [2.75, 3.05) is 18.5 Å². The smallest absolute Gasteiger partial charge is 0.324 e. The highest BCUT2D eigenvalue weighted by Gasteiger charge is 2.54. The van der Waals surface area contributed by atoms with Crippen molar-refractivity contribution >= 4 is 31.0 Å². The third-order valence-corrected chi connectivity index (χ3v) is 6.88. The van der Waals surface area contributed by atoms with Crippen molar-refractivity contribution in [3.8, 4) is 5.40 Å². The summed E-state index contributed by atoms with van der Waals surface area (Å²) in [6.07, 6.45) is 0. The van der Waals surface area contributed by atoms with Crippen LogP contribution in [0.1, 0.15) is 20.8 Å². The van der Waals surface area contributed by atoms with Gasteiger partial charge in [0.1, 0.15) is 5.40 Å². The van der Waals surface area contributed by atoms with E-state index in [1.54, 1.807) is 38.1 Å². The number of nitrogens with zero attached hydrogens (tertiary/aromatic N) is 1. The molecular weight excluding hydrogens is 323 g/mol. The van der Waals surface area contributed by atoms with Gasteiger partial charge < -0.3 is 14.4 Å². The summed E-state index contributed by atoms with van der Waals surface area (Å²) in [7, 11) is -3.82. The maximum absolute atomic E-state index is 13.0. The van der Waals surface area contributed by atoms with Crippen LogP contribution < -0.4 is 5.32 Å². The van der Waals surface area contributed by atoms with Gasteiger partial charge in [-0.3, -0.25) is 9.36 Å². The maximum Gasteiger partial charge on any atom is 0.356 e. The fourth-order valence-corrected chi connectivity index (χ4v) is 4.47. The Morgan fingerprint density at radius 1 is 1.32 bits per heavy atom. The summed E-state index contributed by atoms with van der Waals surface area (Å²) in [5, 5.41) is 13.5. The molecule has 1 N–H and O–H groups in total. The number of rotatable bonds is 8. The van der Waals surface area contributed by atoms with Gasteiger partial charge in [0, 0.05) is 5.69 Å². The lowest BCUT2D eigenvalue weighted by atomic mass is 10.3. The van der Waals surface area contributed by atoms with Crippen LogP contribution in [0.2, 0.25) is 0 Å². The van der Waals surface area contributed by atoms with Crippen LogP contribution in [0, 0.1) is 10.7 Å². The minimum Gasteiger partial charge on any atom is -0.324 e. The van der Waals surface area contributed by atoms with E-state index in [1.807, 2.05) is 11.5 Å². The number of carbonyl (C=O) groups excluding carboxylic acids is 1. The van der Waals surface area contributed by atoms with E-state index >= 15 is 0 Å². The number of hydrogen-bond acceptors (Lipinski definition) is 6. The van der Waals surface area contributed by atoms with Crippen molar-refractivity contribution in [3.63, 3.8) is 0 Å². The molecule has 0 spiro atoms. The molecule has 1 rings (SSSR count). The molecule has 1 aromatic rings. The summed E-state index contributed by atoms with van der Waals surface area (Å²) in [4.78, 5) is 12.6. The molecular formula is C14H19N2O4PS. The van der Waals surface area contributed by atoms with Gasteiger partial charge in [0.25, 0.3) is 5.91 Å². The van der Waals surface area contributed by atoms with Crippen LogP contribution >= 0.6 is 19.4 Å². The lowest BCUT2D eigenvalue weighted by Gasteiger charge is -2.31. The van der Waals surface area contributed by atoms with Crippen molar-refractivity contribution < 1.29 is 18.4 Å². The zero-order chi connectivity index (χ0) is 16.6. The van der Waals surface area contributed by atoms with Gasteiger partial charge in [-0.15, -0.1) is 0 Å². The minimum absolute atomic E-state index is 0.109. The first-order chi connectivity index (χ1) is 10.4. The predicted molar refractivity (Wildman–Crippen MR) is 87.5 cm³/mol. The van der Waals surface area contributed by atoms with E-state index in [0.29, 0.717) is 17.4 Å². The van der Waals surface area contributed by atoms with E-state index in [-0.39, 0.29) is 13.2 Å². The van der Waals surface area contributed by atoms with Gasteiger partial charge in [-0.25, -0.2) is 0 Å². The van der Waals surface area contributed by atoms with Crippen molar-refractivity contribution in [3.05, 3.63) is 30.3 Å². The zero-order valence-corrected chi connectivity index (χ0v) is 14.4. The Kier molecular flexibility index (Phi) is 7.11. The normalized spacial score (nSPS) is 13.9. The first-order valence-electron chi connectivity index (χ1n) is 6.76. The molecule has 0 saturated heterocycles. The summed E-state index contributed by atoms with van der Waals surface area (Å²) >= 11 is 0.573. The summed E-state index contributed by atoms with van der Waals surface area (Å²) in [5.74, 6) is -0.601. The standard InChI is InChI=1S/C14H19N2O4PS/c1-4-19-21(18,20-5-2)14(3,22-11-15)13(17)16-12-9-7-6-8-10-12/h6-10H,4-5H2,1-3H3,(H,16,17). The number of hydrogen-bond donors (Lipinski definition) is 1. The molecule has 0 heterocycles. The van der Waals surface area contributed by atoms with Gasteiger partial charge in [0.15, 0.2) is 0 Å². The molecule has 0 aromatic heterocycles. The second-order valence-electron chi connectivity index (χ2n) is 4.33. The molecule has 0 fully saturated rings. The minimum atomic E-state index is -3.82. The lowest BCUT2D eigenvalue weighted by Crippen LogP contribution is -2.38. The Morgan fingerprint density at radius 3 is 2.32 bits per heavy atom. The van der Waals surface area contributed by atoms with Crippen molar-refractivity contribution in [2.45, 2.75) is 25.3 Å². The average Bonchev–Trinajstić information content (AvgIpc) is 2.48. The molecule has 0 saturated carbocycles. The fourth-order valence-electron chi connectivity index (χ4n) is 1.71. The molecule has 120 valence electrons. The quantitative estimate of drug-likeness (QED) is 0.571. The van der Waals surface area contributed by atoms with Gasteiger partial charge >= 0.3 is 7.60 Å². The molecule has 1 amide bonds. The number of carbonyl (C=O) groups is 1. The Hall–Kier alpha value is -1.32. The molecule has 1 unspecified atom stereocenters. The molecule has 6 nitrogen and oxygen atoms in total. The van der Waals surface area contributed by atoms with Crippen molar-refractivity contribution in [2.24, 2.45) is 0 Å². The van der Waals surface area contributed by atoms with Crippen LogP contribution in [0.15, 0.2) is 30.3 Å². The molecule has 0 radical (unpaired) electrons. The topological polar surface area (TPSA) is 88.4 Å². The van der Waals surface area contributed by atoms with Gasteiger partial charge in [0.2, 0.25) is 4.49 Å². The predicted octanol–water partition coefficient (Wildman–Crippen LogP) is 3.82. The zero-order valence-electron chi connectivity index (χ0n) is 12.7. The molecule has 0 bridgehead atoms. The van der Waals surface area contributed by atoms with E-state index in [9.17, 15) is 9.36 Å². The van der Waals surface area contributed by atoms with Crippen LogP contribution in [0.4, 0.5) is 5.69 Å². The second-order valence-corrected chi connectivity index (χ2v) is 8.24. The number of nitrogens with one attached hydrogen (secondary N) is 1. The number of para-hydroxylation sites is 1. The molecule has 22 heavy (non-hydrogen) atoms. The summed E-state index contributed by atoms with van der Waals surface area (Å²) in [5.41, 5.74) is 0.539. The van der Waals surface area contributed by atoms with Gasteiger partial charge in [-0.2, -0.15) is 5.26 Å². The fraction of sp³-hybridized carbons (Fsp3) is 0.429.